The number of ether oxygens (including phenoxy) is 2. The summed E-state index contributed by atoms with van der Waals surface area (Å²) < 4.78 is 11.2. The van der Waals surface area contributed by atoms with Gasteiger partial charge in [0.25, 0.3) is 0 Å². The molecule has 1 aromatic heterocycles. The van der Waals surface area contributed by atoms with Crippen LogP contribution in [0.15, 0.2) is 65.9 Å². The van der Waals surface area contributed by atoms with Gasteiger partial charge >= 0.3 is 12.2 Å². The largest absolute Gasteiger partial charge is 0.444 e. The first-order valence-corrected chi connectivity index (χ1v) is 18.7. The number of benzene rings is 2. The van der Waals surface area contributed by atoms with Gasteiger partial charge in [-0.1, -0.05) is 97.0 Å². The minimum Gasteiger partial charge on any atom is -0.444 e. The monoisotopic (exact) mass is 711 g/mol. The number of aromatic amines is 1. The Bertz CT molecular complexity index is 1750. The number of nitrogens with one attached hydrogen (secondary N) is 3. The van der Waals surface area contributed by atoms with Crippen LogP contribution in [0.25, 0.3) is 28.0 Å². The number of hydrogen-bond donors (Lipinski definition) is 3. The third-order valence-corrected chi connectivity index (χ3v) is 10.1. The number of aromatic nitrogens is 2. The molecular weight excluding hydrogens is 651 g/mol. The van der Waals surface area contributed by atoms with Crippen molar-refractivity contribution in [3.05, 3.63) is 72.3 Å². The van der Waals surface area contributed by atoms with E-state index in [1.165, 1.54) is 5.57 Å². The Kier molecular flexibility index (Phi) is 12.2. The van der Waals surface area contributed by atoms with Crippen molar-refractivity contribution in [1.29, 1.82) is 0 Å². The van der Waals surface area contributed by atoms with E-state index in [1.807, 2.05) is 61.6 Å². The molecule has 9 heteroatoms. The summed E-state index contributed by atoms with van der Waals surface area (Å²) in [5, 5.41) is 6.26. The predicted molar refractivity (Wildman–Crippen MR) is 212 cm³/mol. The Morgan fingerprint density at radius 1 is 0.808 bits per heavy atom. The lowest BCUT2D eigenvalue weighted by atomic mass is 9.63. The summed E-state index contributed by atoms with van der Waals surface area (Å²) in [6.07, 6.45) is 5.31. The molecule has 52 heavy (non-hydrogen) atoms. The van der Waals surface area contributed by atoms with Crippen LogP contribution in [-0.2, 0) is 9.47 Å². The second kappa shape index (κ2) is 15.7. The summed E-state index contributed by atoms with van der Waals surface area (Å²) in [6.45, 7) is 26.2. The van der Waals surface area contributed by atoms with Crippen molar-refractivity contribution in [2.75, 3.05) is 0 Å². The summed E-state index contributed by atoms with van der Waals surface area (Å²) in [7, 11) is 0. The van der Waals surface area contributed by atoms with E-state index >= 15 is 0 Å². The fourth-order valence-corrected chi connectivity index (χ4v) is 6.93. The molecular formula is C43H61N5O4. The van der Waals surface area contributed by atoms with Crippen LogP contribution in [0.5, 0.6) is 0 Å². The van der Waals surface area contributed by atoms with Gasteiger partial charge in [-0.2, -0.15) is 0 Å². The van der Waals surface area contributed by atoms with Crippen LogP contribution in [0, 0.1) is 17.3 Å². The third-order valence-electron chi connectivity index (χ3n) is 10.1. The Morgan fingerprint density at radius 2 is 1.33 bits per heavy atom. The molecule has 2 heterocycles. The van der Waals surface area contributed by atoms with Crippen LogP contribution >= 0.6 is 0 Å². The number of alkyl carbamates (subject to hydrolysis) is 2. The van der Waals surface area contributed by atoms with Crippen molar-refractivity contribution in [1.82, 2.24) is 20.6 Å². The number of amides is 2. The second-order valence-corrected chi connectivity index (χ2v) is 17.1. The van der Waals surface area contributed by atoms with Crippen LogP contribution in [0.3, 0.4) is 0 Å². The number of imidazole rings is 1. The van der Waals surface area contributed by atoms with Crippen molar-refractivity contribution < 1.29 is 19.1 Å². The minimum absolute atomic E-state index is 0.109. The van der Waals surface area contributed by atoms with Gasteiger partial charge in [-0.05, 0) is 100.0 Å². The molecule has 2 amide bonds. The van der Waals surface area contributed by atoms with E-state index in [1.54, 1.807) is 6.20 Å². The summed E-state index contributed by atoms with van der Waals surface area (Å²) >= 11 is 0. The van der Waals surface area contributed by atoms with E-state index in [-0.39, 0.29) is 23.3 Å². The van der Waals surface area contributed by atoms with Crippen molar-refractivity contribution in [3.63, 3.8) is 0 Å². The summed E-state index contributed by atoms with van der Waals surface area (Å²) in [6, 6.07) is 16.7. The first kappa shape index (κ1) is 40.4. The van der Waals surface area contributed by atoms with Crippen molar-refractivity contribution in [3.8, 4) is 22.4 Å². The normalized spacial score (nSPS) is 17.1. The van der Waals surface area contributed by atoms with E-state index in [4.69, 9.17) is 14.5 Å². The zero-order valence-corrected chi connectivity index (χ0v) is 33.7. The highest BCUT2D eigenvalue weighted by atomic mass is 16.6. The third kappa shape index (κ3) is 9.52. The first-order chi connectivity index (χ1) is 24.2. The van der Waals surface area contributed by atoms with Gasteiger partial charge in [0.2, 0.25) is 0 Å². The zero-order chi connectivity index (χ0) is 38.6. The molecule has 0 radical (unpaired) electrons. The number of carbonyl (C=O) groups excluding carboxylic acids is 2. The topological polar surface area (TPSA) is 118 Å². The number of carbonyl (C=O) groups is 2. The zero-order valence-electron chi connectivity index (χ0n) is 33.7. The number of aliphatic imine (C=N–C) groups is 1. The van der Waals surface area contributed by atoms with E-state index in [9.17, 15) is 9.59 Å². The molecule has 3 atom stereocenters. The molecule has 0 spiro atoms. The van der Waals surface area contributed by atoms with Crippen LogP contribution < -0.4 is 10.6 Å². The fourth-order valence-electron chi connectivity index (χ4n) is 6.93. The summed E-state index contributed by atoms with van der Waals surface area (Å²) in [4.78, 5) is 38.8. The maximum atomic E-state index is 13.2. The fraction of sp³-hybridized carbons (Fsp3) is 0.535. The summed E-state index contributed by atoms with van der Waals surface area (Å²) in [5.41, 5.74) is 5.35. The highest BCUT2D eigenvalue weighted by Gasteiger charge is 2.50. The molecule has 1 aliphatic rings. The van der Waals surface area contributed by atoms with Gasteiger partial charge in [0.05, 0.1) is 23.5 Å². The SMILES string of the molecule is CCC(C)(C)C(CC)(NC(=O)OC(C)(C)C)C1=NC=C(c2ccc(-c3ccc(-c4cnc(C(NC(=O)OC(C)(C)C)C(C)C)[nH]4)cc3)cc2)CC1C. The average Bonchev–Trinajstić information content (AvgIpc) is 3.54. The van der Waals surface area contributed by atoms with Gasteiger partial charge in [0, 0.05) is 17.8 Å². The van der Waals surface area contributed by atoms with Gasteiger partial charge in [-0.25, -0.2) is 14.6 Å². The lowest BCUT2D eigenvalue weighted by Crippen LogP contribution is -2.64. The molecule has 0 bridgehead atoms. The predicted octanol–water partition coefficient (Wildman–Crippen LogP) is 10.9. The van der Waals surface area contributed by atoms with E-state index in [2.05, 4.69) is 104 Å². The maximum absolute atomic E-state index is 13.2. The van der Waals surface area contributed by atoms with Crippen molar-refractivity contribution >= 4 is 23.5 Å². The number of H-pyrrole nitrogens is 1. The quantitative estimate of drug-likeness (QED) is 0.183. The van der Waals surface area contributed by atoms with Crippen molar-refractivity contribution in [2.24, 2.45) is 22.2 Å². The van der Waals surface area contributed by atoms with Gasteiger partial charge < -0.3 is 25.1 Å². The molecule has 9 nitrogen and oxygen atoms in total. The molecule has 0 saturated carbocycles. The lowest BCUT2D eigenvalue weighted by molar-refractivity contribution is 0.0392. The number of nitrogens with zero attached hydrogens (tertiary/aromatic N) is 2. The Labute approximate surface area is 311 Å². The van der Waals surface area contributed by atoms with Crippen LogP contribution in [-0.4, -0.2) is 44.6 Å². The Balaban J connectivity index is 1.52. The maximum Gasteiger partial charge on any atom is 0.408 e. The molecule has 3 unspecified atom stereocenters. The molecule has 0 aliphatic carbocycles. The highest BCUT2D eigenvalue weighted by Crippen LogP contribution is 2.43. The van der Waals surface area contributed by atoms with E-state index < -0.39 is 28.9 Å². The molecule has 1 aliphatic heterocycles. The lowest BCUT2D eigenvalue weighted by Gasteiger charge is -2.49. The van der Waals surface area contributed by atoms with Crippen molar-refractivity contribution in [2.45, 2.75) is 132 Å². The van der Waals surface area contributed by atoms with Gasteiger partial charge in [-0.3, -0.25) is 4.99 Å². The Morgan fingerprint density at radius 3 is 1.81 bits per heavy atom. The van der Waals surface area contributed by atoms with Gasteiger partial charge in [0.1, 0.15) is 17.0 Å². The number of rotatable bonds is 11. The van der Waals surface area contributed by atoms with E-state index in [0.717, 1.165) is 46.5 Å². The van der Waals surface area contributed by atoms with Gasteiger partial charge in [0.15, 0.2) is 0 Å². The molecule has 282 valence electrons. The molecule has 0 fully saturated rings. The Hall–Kier alpha value is -4.40. The van der Waals surface area contributed by atoms with Gasteiger partial charge in [-0.15, -0.1) is 0 Å². The molecule has 3 N–H and O–H groups in total. The van der Waals surface area contributed by atoms with Crippen LogP contribution in [0.1, 0.15) is 127 Å². The highest BCUT2D eigenvalue weighted by molar-refractivity contribution is 6.01. The smallest absolute Gasteiger partial charge is 0.408 e. The average molecular weight is 712 g/mol. The number of allylic oxidation sites excluding steroid dienone is 1. The van der Waals surface area contributed by atoms with Crippen LogP contribution in [0.2, 0.25) is 0 Å². The standard InChI is InChI=1S/C43H61N5O4/c1-14-42(12,13)43(15-2,48-39(50)52-41(9,10)11)36-28(5)24-33(25-44-36)31-18-16-29(17-19-31)30-20-22-32(23-21-30)34-26-45-37(46-34)35(27(3)4)47-38(49)51-40(6,7)8/h16-23,25-28,35H,14-15,24H2,1-13H3,(H,45,46)(H,47,49)(H,48,50). The molecule has 0 saturated heterocycles. The number of hydrogen-bond acceptors (Lipinski definition) is 6. The van der Waals surface area contributed by atoms with E-state index in [0.29, 0.717) is 12.2 Å². The first-order valence-electron chi connectivity index (χ1n) is 18.7. The molecule has 4 rings (SSSR count). The molecule has 3 aromatic rings. The second-order valence-electron chi connectivity index (χ2n) is 17.1. The van der Waals surface area contributed by atoms with Crippen LogP contribution in [0.4, 0.5) is 9.59 Å². The summed E-state index contributed by atoms with van der Waals surface area (Å²) in [5.74, 6) is 0.921. The minimum atomic E-state index is -0.646. The molecule has 2 aromatic carbocycles.